The third-order valence-corrected chi connectivity index (χ3v) is 7.01. The molecule has 0 saturated heterocycles. The van der Waals surface area contributed by atoms with Gasteiger partial charge in [-0.2, -0.15) is 10.1 Å². The summed E-state index contributed by atoms with van der Waals surface area (Å²) in [5.74, 6) is 0.497. The number of ether oxygens (including phenoxy) is 1. The minimum Gasteiger partial charge on any atom is -0.424 e. The maximum atomic E-state index is 12.6. The SMILES string of the molecule is CCCOCCC(=O)N1CCc2cc(Cn3nc(-c4ccc5oc(N)nc5c4)c4c(N)ncnc43)ccc2C1. The summed E-state index contributed by atoms with van der Waals surface area (Å²) >= 11 is 0. The molecule has 11 heteroatoms. The van der Waals surface area contributed by atoms with Crippen LogP contribution in [0.5, 0.6) is 0 Å². The number of rotatable bonds is 8. The number of fused-ring (bicyclic) bond motifs is 3. The molecular formula is C28H30N8O3. The van der Waals surface area contributed by atoms with E-state index in [0.717, 1.165) is 24.0 Å². The highest BCUT2D eigenvalue weighted by Gasteiger charge is 2.22. The lowest BCUT2D eigenvalue weighted by molar-refractivity contribution is -0.133. The third-order valence-electron chi connectivity index (χ3n) is 7.01. The van der Waals surface area contributed by atoms with Gasteiger partial charge in [-0.3, -0.25) is 4.79 Å². The molecule has 5 aromatic rings. The molecule has 0 radical (unpaired) electrons. The molecule has 0 saturated carbocycles. The Kier molecular flexibility index (Phi) is 6.57. The van der Waals surface area contributed by atoms with Crippen molar-refractivity contribution in [1.29, 1.82) is 0 Å². The number of hydrogen-bond acceptors (Lipinski definition) is 9. The average molecular weight is 527 g/mol. The average Bonchev–Trinajstić information content (AvgIpc) is 3.50. The zero-order chi connectivity index (χ0) is 26.9. The number of anilines is 2. The maximum absolute atomic E-state index is 12.6. The van der Waals surface area contributed by atoms with E-state index in [1.54, 1.807) is 0 Å². The van der Waals surface area contributed by atoms with E-state index in [-0.39, 0.29) is 11.9 Å². The number of hydrogen-bond donors (Lipinski definition) is 2. The first-order valence-electron chi connectivity index (χ1n) is 13.1. The van der Waals surface area contributed by atoms with Crippen molar-refractivity contribution in [3.05, 3.63) is 59.4 Å². The number of nitrogens with two attached hydrogens (primary N) is 2. The Balaban J connectivity index is 1.25. The van der Waals surface area contributed by atoms with Gasteiger partial charge in [0.15, 0.2) is 11.2 Å². The van der Waals surface area contributed by atoms with Crippen molar-refractivity contribution in [2.24, 2.45) is 0 Å². The fourth-order valence-electron chi connectivity index (χ4n) is 5.09. The second-order valence-electron chi connectivity index (χ2n) is 9.73. The normalized spacial score (nSPS) is 13.3. The minimum atomic E-state index is 0.112. The van der Waals surface area contributed by atoms with Crippen LogP contribution in [0.2, 0.25) is 0 Å². The number of oxazole rings is 1. The molecule has 0 aliphatic carbocycles. The summed E-state index contributed by atoms with van der Waals surface area (Å²) in [4.78, 5) is 27.5. The Morgan fingerprint density at radius 2 is 2.00 bits per heavy atom. The Morgan fingerprint density at radius 3 is 2.87 bits per heavy atom. The molecule has 0 atom stereocenters. The molecule has 1 aliphatic heterocycles. The van der Waals surface area contributed by atoms with Gasteiger partial charge in [-0.25, -0.2) is 14.6 Å². The van der Waals surface area contributed by atoms with Gasteiger partial charge >= 0.3 is 0 Å². The molecule has 39 heavy (non-hydrogen) atoms. The lowest BCUT2D eigenvalue weighted by atomic mass is 9.97. The number of amides is 1. The molecule has 1 amide bonds. The van der Waals surface area contributed by atoms with Crippen LogP contribution >= 0.6 is 0 Å². The lowest BCUT2D eigenvalue weighted by Crippen LogP contribution is -2.36. The Hall–Kier alpha value is -4.51. The van der Waals surface area contributed by atoms with E-state index in [1.165, 1.54) is 17.5 Å². The second-order valence-corrected chi connectivity index (χ2v) is 9.73. The second kappa shape index (κ2) is 10.3. The summed E-state index contributed by atoms with van der Waals surface area (Å²) in [5, 5.41) is 5.58. The standard InChI is InChI=1S/C28H30N8O3/c1-2-10-38-11-8-23(37)35-9-7-18-12-17(3-4-20(18)15-35)14-36-27-24(26(29)31-16-32-27)25(34-36)19-5-6-22-21(13-19)33-28(30)39-22/h3-6,12-13,16H,2,7-11,14-15H2,1H3,(H2,30,33)(H2,29,31,32). The van der Waals surface area contributed by atoms with Gasteiger partial charge < -0.3 is 25.5 Å². The Bertz CT molecular complexity index is 1670. The Morgan fingerprint density at radius 1 is 1.10 bits per heavy atom. The van der Waals surface area contributed by atoms with Gasteiger partial charge in [0.2, 0.25) is 5.91 Å². The zero-order valence-electron chi connectivity index (χ0n) is 21.8. The van der Waals surface area contributed by atoms with Crippen LogP contribution in [0.1, 0.15) is 36.5 Å². The van der Waals surface area contributed by atoms with E-state index in [9.17, 15) is 4.79 Å². The van der Waals surface area contributed by atoms with Gasteiger partial charge in [-0.15, -0.1) is 0 Å². The fourth-order valence-corrected chi connectivity index (χ4v) is 5.09. The van der Waals surface area contributed by atoms with Crippen LogP contribution in [-0.4, -0.2) is 55.3 Å². The molecule has 0 fully saturated rings. The van der Waals surface area contributed by atoms with Crippen LogP contribution in [0.15, 0.2) is 47.1 Å². The molecule has 6 rings (SSSR count). The van der Waals surface area contributed by atoms with Gasteiger partial charge in [-0.05, 0) is 47.7 Å². The van der Waals surface area contributed by atoms with Crippen LogP contribution < -0.4 is 11.5 Å². The molecular weight excluding hydrogens is 496 g/mol. The lowest BCUT2D eigenvalue weighted by Gasteiger charge is -2.29. The number of aromatic nitrogens is 5. The number of nitrogen functional groups attached to an aromatic ring is 2. The smallest absolute Gasteiger partial charge is 0.292 e. The molecule has 0 unspecified atom stereocenters. The molecule has 2 aromatic carbocycles. The quantitative estimate of drug-likeness (QED) is 0.289. The maximum Gasteiger partial charge on any atom is 0.292 e. The van der Waals surface area contributed by atoms with E-state index >= 15 is 0 Å². The summed E-state index contributed by atoms with van der Waals surface area (Å²) in [6, 6.07) is 12.1. The summed E-state index contributed by atoms with van der Waals surface area (Å²) in [6.07, 6.45) is 3.64. The third kappa shape index (κ3) is 4.88. The molecule has 4 heterocycles. The number of carbonyl (C=O) groups excluding carboxylic acids is 1. The van der Waals surface area contributed by atoms with Crippen LogP contribution in [0.3, 0.4) is 0 Å². The zero-order valence-corrected chi connectivity index (χ0v) is 21.8. The van der Waals surface area contributed by atoms with Crippen molar-refractivity contribution < 1.29 is 13.9 Å². The van der Waals surface area contributed by atoms with Crippen molar-refractivity contribution in [2.75, 3.05) is 31.2 Å². The first-order valence-corrected chi connectivity index (χ1v) is 13.1. The molecule has 200 valence electrons. The summed E-state index contributed by atoms with van der Waals surface area (Å²) in [6.45, 7) is 5.06. The monoisotopic (exact) mass is 526 g/mol. The highest BCUT2D eigenvalue weighted by Crippen LogP contribution is 2.33. The van der Waals surface area contributed by atoms with E-state index < -0.39 is 0 Å². The van der Waals surface area contributed by atoms with Gasteiger partial charge in [0.05, 0.1) is 25.0 Å². The molecule has 1 aliphatic rings. The van der Waals surface area contributed by atoms with Gasteiger partial charge in [0, 0.05) is 25.3 Å². The predicted octanol–water partition coefficient (Wildman–Crippen LogP) is 3.55. The van der Waals surface area contributed by atoms with E-state index in [0.29, 0.717) is 72.9 Å². The number of carbonyl (C=O) groups is 1. The highest BCUT2D eigenvalue weighted by atomic mass is 16.5. The number of benzene rings is 2. The first-order chi connectivity index (χ1) is 19.0. The van der Waals surface area contributed by atoms with Crippen LogP contribution in [0, 0.1) is 0 Å². The topological polar surface area (TPSA) is 151 Å². The van der Waals surface area contributed by atoms with Crippen molar-refractivity contribution >= 4 is 39.9 Å². The largest absolute Gasteiger partial charge is 0.424 e. The fraction of sp³-hybridized carbons (Fsp3) is 0.321. The van der Waals surface area contributed by atoms with Gasteiger partial charge in [0.1, 0.15) is 23.4 Å². The van der Waals surface area contributed by atoms with Crippen molar-refractivity contribution in [3.8, 4) is 11.3 Å². The van der Waals surface area contributed by atoms with E-state index in [1.807, 2.05) is 27.8 Å². The summed E-state index contributed by atoms with van der Waals surface area (Å²) in [7, 11) is 0. The molecule has 0 spiro atoms. The Labute approximate surface area is 224 Å². The van der Waals surface area contributed by atoms with Crippen molar-refractivity contribution in [2.45, 2.75) is 39.3 Å². The predicted molar refractivity (Wildman–Crippen MR) is 148 cm³/mol. The van der Waals surface area contributed by atoms with E-state index in [4.69, 9.17) is 25.7 Å². The number of nitrogens with zero attached hydrogens (tertiary/aromatic N) is 6. The summed E-state index contributed by atoms with van der Waals surface area (Å²) < 4.78 is 12.7. The van der Waals surface area contributed by atoms with E-state index in [2.05, 4.69) is 40.1 Å². The molecule has 0 bridgehead atoms. The summed E-state index contributed by atoms with van der Waals surface area (Å²) in [5.41, 5.74) is 18.9. The van der Waals surface area contributed by atoms with Gasteiger partial charge in [-0.1, -0.05) is 25.1 Å². The van der Waals surface area contributed by atoms with Crippen molar-refractivity contribution in [3.63, 3.8) is 0 Å². The van der Waals surface area contributed by atoms with Gasteiger partial charge in [0.25, 0.3) is 6.01 Å². The van der Waals surface area contributed by atoms with Crippen LogP contribution in [-0.2, 0) is 29.0 Å². The molecule has 4 N–H and O–H groups in total. The molecule has 3 aromatic heterocycles. The minimum absolute atomic E-state index is 0.112. The molecule has 11 nitrogen and oxygen atoms in total. The van der Waals surface area contributed by atoms with Crippen LogP contribution in [0.4, 0.5) is 11.8 Å². The highest BCUT2D eigenvalue weighted by molar-refractivity contribution is 5.99. The first kappa shape index (κ1) is 24.8. The van der Waals surface area contributed by atoms with Crippen molar-refractivity contribution in [1.82, 2.24) is 29.6 Å². The van der Waals surface area contributed by atoms with Crippen LogP contribution in [0.25, 0.3) is 33.4 Å².